The summed E-state index contributed by atoms with van der Waals surface area (Å²) >= 11 is 0. The maximum atomic E-state index is 12.3. The average Bonchev–Trinajstić information content (AvgIpc) is 2.86. The molecule has 20 heavy (non-hydrogen) atoms. The fourth-order valence-electron chi connectivity index (χ4n) is 2.74. The Balaban J connectivity index is 1.89. The van der Waals surface area contributed by atoms with Crippen LogP contribution in [0.25, 0.3) is 0 Å². The topological polar surface area (TPSA) is 69.6 Å². The molecule has 1 saturated heterocycles. The van der Waals surface area contributed by atoms with E-state index in [-0.39, 0.29) is 13.0 Å². The number of nitrogens with one attached hydrogen (secondary N) is 1. The van der Waals surface area contributed by atoms with Crippen LogP contribution in [-0.2, 0) is 9.59 Å². The van der Waals surface area contributed by atoms with E-state index in [1.165, 1.54) is 0 Å². The number of likely N-dealkylation sites (tertiary alicyclic amines) is 1. The van der Waals surface area contributed by atoms with E-state index in [1.54, 1.807) is 0 Å². The molecule has 2 aliphatic rings. The lowest BCUT2D eigenvalue weighted by Gasteiger charge is -2.24. The molecule has 0 bridgehead atoms. The van der Waals surface area contributed by atoms with E-state index >= 15 is 0 Å². The summed E-state index contributed by atoms with van der Waals surface area (Å²) in [4.78, 5) is 24.0. The summed E-state index contributed by atoms with van der Waals surface area (Å²) in [6.07, 6.45) is -2.41. The van der Waals surface area contributed by atoms with Crippen LogP contribution in [0.15, 0.2) is 0 Å². The lowest BCUT2D eigenvalue weighted by atomic mass is 10.0. The number of hydrogen-bond donors (Lipinski definition) is 2. The van der Waals surface area contributed by atoms with Crippen molar-refractivity contribution in [1.82, 2.24) is 10.2 Å². The smallest absolute Gasteiger partial charge is 0.380 e. The molecule has 0 radical (unpaired) electrons. The van der Waals surface area contributed by atoms with Gasteiger partial charge in [0.05, 0.1) is 6.04 Å². The molecule has 1 aliphatic carbocycles. The molecule has 1 unspecified atom stereocenters. The van der Waals surface area contributed by atoms with Crippen molar-refractivity contribution < 1.29 is 27.9 Å². The Morgan fingerprint density at radius 3 is 2.55 bits per heavy atom. The van der Waals surface area contributed by atoms with Gasteiger partial charge in [-0.25, -0.2) is 0 Å². The van der Waals surface area contributed by atoms with E-state index in [1.807, 2.05) is 0 Å². The summed E-state index contributed by atoms with van der Waals surface area (Å²) in [5.41, 5.74) is -1.43. The van der Waals surface area contributed by atoms with Gasteiger partial charge in [0, 0.05) is 13.0 Å². The molecular weight excluding hydrogens is 277 g/mol. The maximum Gasteiger partial charge on any atom is 0.406 e. The lowest BCUT2D eigenvalue weighted by Crippen LogP contribution is -2.49. The number of nitrogens with zero attached hydrogens (tertiary/aromatic N) is 1. The SMILES string of the molecule is O=C1CC(NC(=O)C2(O)CCCC2)CN1CC(F)(F)F. The highest BCUT2D eigenvalue weighted by Gasteiger charge is 2.43. The number of rotatable bonds is 3. The van der Waals surface area contributed by atoms with E-state index in [0.717, 1.165) is 12.8 Å². The van der Waals surface area contributed by atoms with Gasteiger partial charge in [0.1, 0.15) is 12.1 Å². The predicted octanol–water partition coefficient (Wildman–Crippen LogP) is 0.571. The van der Waals surface area contributed by atoms with Crippen molar-refractivity contribution in [2.24, 2.45) is 0 Å². The number of carbonyl (C=O) groups is 2. The Labute approximate surface area is 114 Å². The zero-order chi connectivity index (χ0) is 15.0. The summed E-state index contributed by atoms with van der Waals surface area (Å²) in [7, 11) is 0. The van der Waals surface area contributed by atoms with Crippen LogP contribution >= 0.6 is 0 Å². The zero-order valence-electron chi connectivity index (χ0n) is 10.9. The first-order valence-electron chi connectivity index (χ1n) is 6.57. The molecule has 0 aromatic carbocycles. The van der Waals surface area contributed by atoms with Crippen molar-refractivity contribution >= 4 is 11.8 Å². The van der Waals surface area contributed by atoms with Gasteiger partial charge in [0.25, 0.3) is 5.91 Å². The van der Waals surface area contributed by atoms with Gasteiger partial charge in [-0.05, 0) is 25.7 Å². The molecule has 0 spiro atoms. The van der Waals surface area contributed by atoms with E-state index in [0.29, 0.717) is 17.7 Å². The predicted molar refractivity (Wildman–Crippen MR) is 62.6 cm³/mol. The molecule has 0 aromatic heterocycles. The maximum absolute atomic E-state index is 12.3. The first-order valence-corrected chi connectivity index (χ1v) is 6.57. The van der Waals surface area contributed by atoms with Crippen LogP contribution in [0.3, 0.4) is 0 Å². The second-order valence-electron chi connectivity index (χ2n) is 5.50. The Morgan fingerprint density at radius 2 is 2.00 bits per heavy atom. The minimum atomic E-state index is -4.45. The third kappa shape index (κ3) is 3.41. The Kier molecular flexibility index (Phi) is 3.95. The van der Waals surface area contributed by atoms with Gasteiger partial charge in [0.15, 0.2) is 0 Å². The molecule has 2 amide bonds. The molecule has 1 heterocycles. The molecule has 2 rings (SSSR count). The number of hydrogen-bond acceptors (Lipinski definition) is 3. The molecule has 1 atom stereocenters. The highest BCUT2D eigenvalue weighted by Crippen LogP contribution is 2.30. The third-order valence-corrected chi connectivity index (χ3v) is 3.77. The van der Waals surface area contributed by atoms with Gasteiger partial charge in [0.2, 0.25) is 5.91 Å². The zero-order valence-corrected chi connectivity index (χ0v) is 10.9. The number of amides is 2. The first-order chi connectivity index (χ1) is 9.20. The van der Waals surface area contributed by atoms with E-state index in [9.17, 15) is 27.9 Å². The van der Waals surface area contributed by atoms with Crippen LogP contribution < -0.4 is 5.32 Å². The van der Waals surface area contributed by atoms with Crippen molar-refractivity contribution in [3.63, 3.8) is 0 Å². The average molecular weight is 294 g/mol. The third-order valence-electron chi connectivity index (χ3n) is 3.77. The fraction of sp³-hybridized carbons (Fsp3) is 0.833. The van der Waals surface area contributed by atoms with E-state index in [2.05, 4.69) is 5.32 Å². The standard InChI is InChI=1S/C12H17F3N2O3/c13-12(14,15)7-17-6-8(5-9(17)18)16-10(19)11(20)3-1-2-4-11/h8,20H,1-7H2,(H,16,19). The molecule has 8 heteroatoms. The van der Waals surface area contributed by atoms with Gasteiger partial charge in [-0.15, -0.1) is 0 Å². The molecule has 2 N–H and O–H groups in total. The summed E-state index contributed by atoms with van der Waals surface area (Å²) in [6.45, 7) is -1.47. The van der Waals surface area contributed by atoms with Crippen LogP contribution in [-0.4, -0.2) is 52.7 Å². The van der Waals surface area contributed by atoms with Crippen molar-refractivity contribution in [3.8, 4) is 0 Å². The van der Waals surface area contributed by atoms with Crippen LogP contribution in [0, 0.1) is 0 Å². The van der Waals surface area contributed by atoms with Crippen molar-refractivity contribution in [3.05, 3.63) is 0 Å². The summed E-state index contributed by atoms with van der Waals surface area (Å²) < 4.78 is 36.8. The molecule has 2 fully saturated rings. The highest BCUT2D eigenvalue weighted by molar-refractivity contribution is 5.87. The molecule has 5 nitrogen and oxygen atoms in total. The highest BCUT2D eigenvalue weighted by atomic mass is 19.4. The molecule has 1 aliphatic heterocycles. The second-order valence-corrected chi connectivity index (χ2v) is 5.50. The number of halogens is 3. The largest absolute Gasteiger partial charge is 0.406 e. The molecular formula is C12H17F3N2O3. The Hall–Kier alpha value is -1.31. The van der Waals surface area contributed by atoms with Crippen molar-refractivity contribution in [1.29, 1.82) is 0 Å². The van der Waals surface area contributed by atoms with Gasteiger partial charge in [-0.1, -0.05) is 0 Å². The van der Waals surface area contributed by atoms with Crippen molar-refractivity contribution in [2.75, 3.05) is 13.1 Å². The minimum Gasteiger partial charge on any atom is -0.380 e. The lowest BCUT2D eigenvalue weighted by molar-refractivity contribution is -0.157. The van der Waals surface area contributed by atoms with Crippen LogP contribution in [0.4, 0.5) is 13.2 Å². The van der Waals surface area contributed by atoms with E-state index in [4.69, 9.17) is 0 Å². The van der Waals surface area contributed by atoms with Gasteiger partial charge >= 0.3 is 6.18 Å². The summed E-state index contributed by atoms with van der Waals surface area (Å²) in [6, 6.07) is -0.665. The number of aliphatic hydroxyl groups is 1. The summed E-state index contributed by atoms with van der Waals surface area (Å²) in [5, 5.41) is 12.5. The first kappa shape index (κ1) is 15.1. The molecule has 114 valence electrons. The van der Waals surface area contributed by atoms with Gasteiger partial charge in [-0.2, -0.15) is 13.2 Å². The molecule has 0 aromatic rings. The monoisotopic (exact) mass is 294 g/mol. The van der Waals surface area contributed by atoms with Crippen LogP contribution in [0.5, 0.6) is 0 Å². The summed E-state index contributed by atoms with van der Waals surface area (Å²) in [5.74, 6) is -1.22. The number of alkyl halides is 3. The quantitative estimate of drug-likeness (QED) is 0.799. The second kappa shape index (κ2) is 5.23. The van der Waals surface area contributed by atoms with Gasteiger partial charge in [-0.3, -0.25) is 9.59 Å². The van der Waals surface area contributed by atoms with Gasteiger partial charge < -0.3 is 15.3 Å². The van der Waals surface area contributed by atoms with Crippen LogP contribution in [0.2, 0.25) is 0 Å². The van der Waals surface area contributed by atoms with E-state index < -0.39 is 36.2 Å². The Bertz CT molecular complexity index is 405. The minimum absolute atomic E-state index is 0.155. The van der Waals surface area contributed by atoms with Crippen LogP contribution in [0.1, 0.15) is 32.1 Å². The van der Waals surface area contributed by atoms with Crippen molar-refractivity contribution in [2.45, 2.75) is 49.9 Å². The fourth-order valence-corrected chi connectivity index (χ4v) is 2.74. The normalized spacial score (nSPS) is 26.1. The number of carbonyl (C=O) groups excluding carboxylic acids is 2. The molecule has 1 saturated carbocycles. The Morgan fingerprint density at radius 1 is 1.40 bits per heavy atom.